The van der Waals surface area contributed by atoms with E-state index in [9.17, 15) is 0 Å². The van der Waals surface area contributed by atoms with Crippen LogP contribution < -0.4 is 5.32 Å². The Kier molecular flexibility index (Phi) is 4.27. The first kappa shape index (κ1) is 17.9. The zero-order valence-electron chi connectivity index (χ0n) is 16.2. The van der Waals surface area contributed by atoms with E-state index in [1.807, 2.05) is 18.4 Å². The number of ether oxygens (including phenoxy) is 3. The monoisotopic (exact) mass is 383 g/mol. The molecule has 0 bridgehead atoms. The summed E-state index contributed by atoms with van der Waals surface area (Å²) in [5, 5.41) is 3.53. The minimum absolute atomic E-state index is 0.216. The highest BCUT2D eigenvalue weighted by Crippen LogP contribution is 2.44. The minimum atomic E-state index is -0.676. The quantitative estimate of drug-likeness (QED) is 0.813. The molecule has 0 aromatic carbocycles. The van der Waals surface area contributed by atoms with Crippen molar-refractivity contribution in [2.24, 2.45) is 0 Å². The Balaban J connectivity index is 1.48. The van der Waals surface area contributed by atoms with Gasteiger partial charge in [0, 0.05) is 12.5 Å². The predicted octanol–water partition coefficient (Wildman–Crippen LogP) is 2.62. The molecular formula is C20H25N5O3. The van der Waals surface area contributed by atoms with Crippen molar-refractivity contribution in [1.29, 1.82) is 0 Å². The van der Waals surface area contributed by atoms with E-state index in [0.29, 0.717) is 18.1 Å². The van der Waals surface area contributed by atoms with Crippen molar-refractivity contribution in [2.45, 2.75) is 82.3 Å². The number of anilines is 1. The highest BCUT2D eigenvalue weighted by atomic mass is 16.8. The average Bonchev–Trinajstić information content (AvgIpc) is 3.41. The number of hydrogen-bond acceptors (Lipinski definition) is 7. The molecule has 1 N–H and O–H groups in total. The highest BCUT2D eigenvalue weighted by Gasteiger charge is 2.55. The smallest absolute Gasteiger partial charge is 0.167 e. The lowest BCUT2D eigenvalue weighted by Gasteiger charge is -2.24. The van der Waals surface area contributed by atoms with Gasteiger partial charge in [-0.25, -0.2) is 15.0 Å². The summed E-state index contributed by atoms with van der Waals surface area (Å²) in [6.45, 7) is 3.82. The molecule has 2 aliphatic heterocycles. The molecule has 3 aliphatic rings. The molecule has 1 aliphatic carbocycles. The standard InChI is InChI=1S/C20H25N5O3/c1-4-7-13-15-16(28-20(2,3)27-15)19(26-13)25-11-23-14-17(21-10-22-18(14)25)24-12-8-5-6-9-12/h1,10-13,15-16,19H,5-9H2,2-3H3,(H,21,22,24). The zero-order chi connectivity index (χ0) is 19.3. The van der Waals surface area contributed by atoms with E-state index in [0.717, 1.165) is 24.2 Å². The largest absolute Gasteiger partial charge is 0.365 e. The predicted molar refractivity (Wildman–Crippen MR) is 102 cm³/mol. The van der Waals surface area contributed by atoms with Crippen molar-refractivity contribution in [3.05, 3.63) is 12.7 Å². The van der Waals surface area contributed by atoms with Gasteiger partial charge in [-0.05, 0) is 26.7 Å². The summed E-state index contributed by atoms with van der Waals surface area (Å²) in [6, 6.07) is 0.447. The second-order valence-electron chi connectivity index (χ2n) is 8.21. The van der Waals surface area contributed by atoms with Crippen LogP contribution in [0.3, 0.4) is 0 Å². The van der Waals surface area contributed by atoms with Crippen LogP contribution in [-0.4, -0.2) is 49.7 Å². The van der Waals surface area contributed by atoms with Gasteiger partial charge in [-0.15, -0.1) is 12.3 Å². The molecule has 4 unspecified atom stereocenters. The van der Waals surface area contributed by atoms with Crippen LogP contribution in [-0.2, 0) is 14.2 Å². The third kappa shape index (κ3) is 2.94. The number of fused-ring (bicyclic) bond motifs is 2. The molecular weight excluding hydrogens is 358 g/mol. The maximum Gasteiger partial charge on any atom is 0.167 e. The van der Waals surface area contributed by atoms with Gasteiger partial charge >= 0.3 is 0 Å². The fourth-order valence-corrected chi connectivity index (χ4v) is 4.57. The van der Waals surface area contributed by atoms with Crippen LogP contribution in [0.1, 0.15) is 52.2 Å². The van der Waals surface area contributed by atoms with Crippen molar-refractivity contribution in [2.75, 3.05) is 5.32 Å². The lowest BCUT2D eigenvalue weighted by atomic mass is 10.1. The number of imidazole rings is 1. The Morgan fingerprint density at radius 2 is 2.00 bits per heavy atom. The Morgan fingerprint density at radius 3 is 2.79 bits per heavy atom. The van der Waals surface area contributed by atoms with Crippen molar-refractivity contribution in [1.82, 2.24) is 19.5 Å². The summed E-state index contributed by atoms with van der Waals surface area (Å²) < 4.78 is 20.4. The molecule has 2 aromatic rings. The number of nitrogens with zero attached hydrogens (tertiary/aromatic N) is 4. The molecule has 3 fully saturated rings. The first-order valence-corrected chi connectivity index (χ1v) is 9.94. The summed E-state index contributed by atoms with van der Waals surface area (Å²) in [5.41, 5.74) is 1.46. The van der Waals surface area contributed by atoms with Gasteiger partial charge in [0.25, 0.3) is 0 Å². The third-order valence-corrected chi connectivity index (χ3v) is 5.77. The molecule has 0 amide bonds. The van der Waals surface area contributed by atoms with Crippen LogP contribution in [0.5, 0.6) is 0 Å². The van der Waals surface area contributed by atoms with Crippen molar-refractivity contribution in [3.63, 3.8) is 0 Å². The van der Waals surface area contributed by atoms with Crippen LogP contribution in [0.15, 0.2) is 12.7 Å². The van der Waals surface area contributed by atoms with E-state index in [4.69, 9.17) is 20.6 Å². The van der Waals surface area contributed by atoms with Gasteiger partial charge in [-0.3, -0.25) is 4.57 Å². The Morgan fingerprint density at radius 1 is 1.21 bits per heavy atom. The summed E-state index contributed by atoms with van der Waals surface area (Å²) in [7, 11) is 0. The molecule has 8 nitrogen and oxygen atoms in total. The molecule has 28 heavy (non-hydrogen) atoms. The summed E-state index contributed by atoms with van der Waals surface area (Å²) in [4.78, 5) is 13.5. The lowest BCUT2D eigenvalue weighted by Crippen LogP contribution is -2.29. The maximum absolute atomic E-state index is 6.24. The lowest BCUT2D eigenvalue weighted by molar-refractivity contribution is -0.195. The summed E-state index contributed by atoms with van der Waals surface area (Å²) >= 11 is 0. The first-order chi connectivity index (χ1) is 13.6. The second kappa shape index (κ2) is 6.69. The van der Waals surface area contributed by atoms with Gasteiger partial charge in [-0.1, -0.05) is 12.8 Å². The molecule has 148 valence electrons. The molecule has 2 saturated heterocycles. The van der Waals surface area contributed by atoms with Crippen LogP contribution in [0, 0.1) is 12.3 Å². The topological polar surface area (TPSA) is 83.3 Å². The average molecular weight is 383 g/mol. The SMILES string of the molecule is C#CCC1OC(n2cnc3c(NC4CCCC4)ncnc32)C2OC(C)(C)OC12. The number of rotatable bonds is 4. The molecule has 5 rings (SSSR count). The first-order valence-electron chi connectivity index (χ1n) is 9.94. The third-order valence-electron chi connectivity index (χ3n) is 5.77. The van der Waals surface area contributed by atoms with Gasteiger partial charge < -0.3 is 19.5 Å². The Labute approximate surface area is 164 Å². The van der Waals surface area contributed by atoms with E-state index in [1.165, 1.54) is 12.8 Å². The number of aromatic nitrogens is 4. The Bertz CT molecular complexity index is 914. The molecule has 0 spiro atoms. The van der Waals surface area contributed by atoms with E-state index >= 15 is 0 Å². The fourth-order valence-electron chi connectivity index (χ4n) is 4.57. The van der Waals surface area contributed by atoms with Crippen LogP contribution in [0.2, 0.25) is 0 Å². The number of nitrogens with one attached hydrogen (secondary N) is 1. The van der Waals surface area contributed by atoms with Crippen LogP contribution in [0.25, 0.3) is 11.2 Å². The zero-order valence-corrected chi connectivity index (χ0v) is 16.2. The fraction of sp³-hybridized carbons (Fsp3) is 0.650. The van der Waals surface area contributed by atoms with Crippen LogP contribution >= 0.6 is 0 Å². The summed E-state index contributed by atoms with van der Waals surface area (Å²) in [6.07, 6.45) is 13.0. The van der Waals surface area contributed by atoms with Gasteiger partial charge in [0.05, 0.1) is 6.33 Å². The minimum Gasteiger partial charge on any atom is -0.365 e. The molecule has 2 aromatic heterocycles. The van der Waals surface area contributed by atoms with E-state index in [2.05, 4.69) is 26.2 Å². The van der Waals surface area contributed by atoms with Gasteiger partial charge in [0.15, 0.2) is 29.0 Å². The molecule has 0 radical (unpaired) electrons. The normalized spacial score (nSPS) is 31.9. The van der Waals surface area contributed by atoms with Gasteiger partial charge in [0.2, 0.25) is 0 Å². The number of hydrogen-bond donors (Lipinski definition) is 1. The number of terminal acetylenes is 1. The van der Waals surface area contributed by atoms with Crippen molar-refractivity contribution in [3.8, 4) is 12.3 Å². The molecule has 4 atom stereocenters. The summed E-state index contributed by atoms with van der Waals surface area (Å²) in [5.74, 6) is 2.78. The van der Waals surface area contributed by atoms with Crippen LogP contribution in [0.4, 0.5) is 5.82 Å². The second-order valence-corrected chi connectivity index (χ2v) is 8.21. The van der Waals surface area contributed by atoms with Gasteiger partial charge in [-0.2, -0.15) is 0 Å². The van der Waals surface area contributed by atoms with Crippen molar-refractivity contribution >= 4 is 17.0 Å². The van der Waals surface area contributed by atoms with E-state index in [-0.39, 0.29) is 18.3 Å². The Hall–Kier alpha value is -2.21. The van der Waals surface area contributed by atoms with Crippen molar-refractivity contribution < 1.29 is 14.2 Å². The molecule has 1 saturated carbocycles. The van der Waals surface area contributed by atoms with E-state index < -0.39 is 12.0 Å². The van der Waals surface area contributed by atoms with E-state index in [1.54, 1.807) is 12.7 Å². The molecule has 8 heteroatoms. The highest BCUT2D eigenvalue weighted by molar-refractivity contribution is 5.82. The van der Waals surface area contributed by atoms with Gasteiger partial charge in [0.1, 0.15) is 24.6 Å². The molecule has 4 heterocycles. The maximum atomic E-state index is 6.24.